The molecule has 0 saturated heterocycles. The van der Waals surface area contributed by atoms with Gasteiger partial charge in [-0.15, -0.1) is 0 Å². The Kier molecular flexibility index (Phi) is 7.83. The Hall–Kier alpha value is -4.06. The van der Waals surface area contributed by atoms with Gasteiger partial charge in [0.15, 0.2) is 11.5 Å². The molecule has 0 fully saturated rings. The molecule has 4 rings (SSSR count). The van der Waals surface area contributed by atoms with Crippen molar-refractivity contribution in [1.82, 2.24) is 10.3 Å². The number of benzene rings is 3. The van der Waals surface area contributed by atoms with E-state index in [0.29, 0.717) is 24.7 Å². The van der Waals surface area contributed by atoms with Crippen LogP contribution in [0.25, 0.3) is 10.8 Å². The number of ether oxygens (including phenoxy) is 2. The summed E-state index contributed by atoms with van der Waals surface area (Å²) < 4.78 is 11.8. The molecule has 4 aromatic rings. The van der Waals surface area contributed by atoms with Crippen LogP contribution in [0, 0.1) is 0 Å². The monoisotopic (exact) mass is 469 g/mol. The Morgan fingerprint density at radius 1 is 0.943 bits per heavy atom. The molecule has 3 aromatic carbocycles. The number of anilines is 1. The summed E-state index contributed by atoms with van der Waals surface area (Å²) in [6.07, 6.45) is 3.60. The summed E-state index contributed by atoms with van der Waals surface area (Å²) >= 11 is 0. The molecule has 0 spiro atoms. The van der Waals surface area contributed by atoms with E-state index in [9.17, 15) is 4.79 Å². The van der Waals surface area contributed by atoms with Crippen LogP contribution in [0.3, 0.4) is 0 Å². The molecule has 35 heavy (non-hydrogen) atoms. The SMILES string of the molecule is CCOc1cc(C(Nc2ccc3cnccc3c2)C(=O)NCc2ccccc2)ccc1OC(C)C. The summed E-state index contributed by atoms with van der Waals surface area (Å²) in [5.74, 6) is 1.14. The minimum absolute atomic E-state index is 0.00948. The molecule has 0 aliphatic carbocycles. The first kappa shape index (κ1) is 24.1. The van der Waals surface area contributed by atoms with Gasteiger partial charge < -0.3 is 20.1 Å². The maximum absolute atomic E-state index is 13.5. The Morgan fingerprint density at radius 3 is 2.54 bits per heavy atom. The zero-order valence-corrected chi connectivity index (χ0v) is 20.3. The highest BCUT2D eigenvalue weighted by Gasteiger charge is 2.23. The summed E-state index contributed by atoms with van der Waals surface area (Å²) in [7, 11) is 0. The molecule has 1 amide bonds. The van der Waals surface area contributed by atoms with E-state index in [4.69, 9.17) is 9.47 Å². The largest absolute Gasteiger partial charge is 0.490 e. The van der Waals surface area contributed by atoms with Crippen LogP contribution in [-0.2, 0) is 11.3 Å². The summed E-state index contributed by atoms with van der Waals surface area (Å²) in [5.41, 5.74) is 2.66. The number of pyridine rings is 1. The molecular formula is C29H31N3O3. The van der Waals surface area contributed by atoms with Gasteiger partial charge in [-0.2, -0.15) is 0 Å². The number of rotatable bonds is 10. The second-order valence-electron chi connectivity index (χ2n) is 8.52. The Balaban J connectivity index is 1.65. The lowest BCUT2D eigenvalue weighted by Crippen LogP contribution is -2.33. The number of carbonyl (C=O) groups is 1. The third-order valence-corrected chi connectivity index (χ3v) is 5.49. The van der Waals surface area contributed by atoms with Crippen LogP contribution in [-0.4, -0.2) is 23.6 Å². The molecule has 0 aliphatic rings. The van der Waals surface area contributed by atoms with Crippen molar-refractivity contribution in [2.75, 3.05) is 11.9 Å². The average molecular weight is 470 g/mol. The number of carbonyl (C=O) groups excluding carboxylic acids is 1. The lowest BCUT2D eigenvalue weighted by atomic mass is 10.0. The topological polar surface area (TPSA) is 72.5 Å². The third-order valence-electron chi connectivity index (χ3n) is 5.49. The average Bonchev–Trinajstić information content (AvgIpc) is 2.87. The summed E-state index contributed by atoms with van der Waals surface area (Å²) in [6.45, 7) is 6.81. The van der Waals surface area contributed by atoms with Gasteiger partial charge in [0.2, 0.25) is 5.91 Å². The van der Waals surface area contributed by atoms with Crippen molar-refractivity contribution in [3.8, 4) is 11.5 Å². The van der Waals surface area contributed by atoms with E-state index in [1.54, 1.807) is 6.20 Å². The number of aromatic nitrogens is 1. The zero-order chi connectivity index (χ0) is 24.6. The molecule has 6 nitrogen and oxygen atoms in total. The van der Waals surface area contributed by atoms with Gasteiger partial charge in [-0.3, -0.25) is 9.78 Å². The minimum atomic E-state index is -0.634. The number of amides is 1. The number of hydrogen-bond donors (Lipinski definition) is 2. The van der Waals surface area contributed by atoms with Gasteiger partial charge in [0.05, 0.1) is 12.7 Å². The predicted molar refractivity (Wildman–Crippen MR) is 140 cm³/mol. The van der Waals surface area contributed by atoms with Gasteiger partial charge >= 0.3 is 0 Å². The highest BCUT2D eigenvalue weighted by molar-refractivity contribution is 5.89. The van der Waals surface area contributed by atoms with Crippen molar-refractivity contribution < 1.29 is 14.3 Å². The van der Waals surface area contributed by atoms with Crippen molar-refractivity contribution in [2.45, 2.75) is 39.5 Å². The lowest BCUT2D eigenvalue weighted by molar-refractivity contribution is -0.122. The second-order valence-corrected chi connectivity index (χ2v) is 8.52. The van der Waals surface area contributed by atoms with Gasteiger partial charge in [-0.25, -0.2) is 0 Å². The molecule has 6 heteroatoms. The van der Waals surface area contributed by atoms with Crippen LogP contribution < -0.4 is 20.1 Å². The molecule has 2 N–H and O–H groups in total. The van der Waals surface area contributed by atoms with Crippen LogP contribution in [0.15, 0.2) is 85.2 Å². The highest BCUT2D eigenvalue weighted by Crippen LogP contribution is 2.33. The fraction of sp³-hybridized carbons (Fsp3) is 0.241. The Labute approximate surface area is 206 Å². The normalized spacial score (nSPS) is 11.8. The molecular weight excluding hydrogens is 438 g/mol. The van der Waals surface area contributed by atoms with Gasteiger partial charge in [-0.1, -0.05) is 42.5 Å². The first-order valence-corrected chi connectivity index (χ1v) is 11.9. The quantitative estimate of drug-likeness (QED) is 0.303. The number of hydrogen-bond acceptors (Lipinski definition) is 5. The molecule has 0 saturated carbocycles. The maximum atomic E-state index is 13.5. The molecule has 1 heterocycles. The van der Waals surface area contributed by atoms with Crippen LogP contribution in [0.4, 0.5) is 5.69 Å². The van der Waals surface area contributed by atoms with Crippen molar-refractivity contribution in [3.63, 3.8) is 0 Å². The molecule has 0 radical (unpaired) electrons. The minimum Gasteiger partial charge on any atom is -0.490 e. The van der Waals surface area contributed by atoms with E-state index in [0.717, 1.165) is 27.6 Å². The van der Waals surface area contributed by atoms with Gasteiger partial charge in [0.25, 0.3) is 0 Å². The van der Waals surface area contributed by atoms with Crippen LogP contribution >= 0.6 is 0 Å². The van der Waals surface area contributed by atoms with E-state index >= 15 is 0 Å². The van der Waals surface area contributed by atoms with E-state index in [2.05, 4.69) is 15.6 Å². The Morgan fingerprint density at radius 2 is 1.77 bits per heavy atom. The molecule has 1 atom stereocenters. The van der Waals surface area contributed by atoms with Crippen LogP contribution in [0.5, 0.6) is 11.5 Å². The number of nitrogens with zero attached hydrogens (tertiary/aromatic N) is 1. The zero-order valence-electron chi connectivity index (χ0n) is 20.3. The van der Waals surface area contributed by atoms with Crippen molar-refractivity contribution >= 4 is 22.4 Å². The van der Waals surface area contributed by atoms with E-state index < -0.39 is 6.04 Å². The second kappa shape index (κ2) is 11.4. The van der Waals surface area contributed by atoms with E-state index in [1.165, 1.54) is 0 Å². The predicted octanol–water partition coefficient (Wildman–Crippen LogP) is 5.89. The van der Waals surface area contributed by atoms with Gasteiger partial charge in [0.1, 0.15) is 6.04 Å². The summed E-state index contributed by atoms with van der Waals surface area (Å²) in [4.78, 5) is 17.6. The third kappa shape index (κ3) is 6.29. The van der Waals surface area contributed by atoms with Crippen molar-refractivity contribution in [2.24, 2.45) is 0 Å². The Bertz CT molecular complexity index is 1270. The smallest absolute Gasteiger partial charge is 0.247 e. The number of fused-ring (bicyclic) bond motifs is 1. The first-order valence-electron chi connectivity index (χ1n) is 11.9. The fourth-order valence-corrected chi connectivity index (χ4v) is 3.85. The first-order chi connectivity index (χ1) is 17.0. The molecule has 0 bridgehead atoms. The standard InChI is InChI=1S/C29H31N3O3/c1-4-34-27-17-23(11-13-26(27)35-20(2)3)28(29(33)31-18-21-8-6-5-7-9-21)32-25-12-10-24-19-30-15-14-22(24)16-25/h5-17,19-20,28,32H,4,18H2,1-3H3,(H,31,33). The summed E-state index contributed by atoms with van der Waals surface area (Å²) in [6, 6.07) is 22.8. The molecule has 1 unspecified atom stereocenters. The van der Waals surface area contributed by atoms with Crippen LogP contribution in [0.1, 0.15) is 37.9 Å². The molecule has 1 aromatic heterocycles. The summed E-state index contributed by atoms with van der Waals surface area (Å²) in [5, 5.41) is 8.58. The molecule has 0 aliphatic heterocycles. The van der Waals surface area contributed by atoms with E-state index in [1.807, 2.05) is 99.8 Å². The van der Waals surface area contributed by atoms with Crippen molar-refractivity contribution in [1.29, 1.82) is 0 Å². The van der Waals surface area contributed by atoms with Gasteiger partial charge in [-0.05, 0) is 67.6 Å². The van der Waals surface area contributed by atoms with Gasteiger partial charge in [0, 0.05) is 30.0 Å². The van der Waals surface area contributed by atoms with E-state index in [-0.39, 0.29) is 12.0 Å². The highest BCUT2D eigenvalue weighted by atomic mass is 16.5. The maximum Gasteiger partial charge on any atom is 0.247 e. The molecule has 180 valence electrons. The number of nitrogens with one attached hydrogen (secondary N) is 2. The van der Waals surface area contributed by atoms with Crippen LogP contribution in [0.2, 0.25) is 0 Å². The fourth-order valence-electron chi connectivity index (χ4n) is 3.85. The lowest BCUT2D eigenvalue weighted by Gasteiger charge is -2.22. The van der Waals surface area contributed by atoms with Crippen molar-refractivity contribution in [3.05, 3.63) is 96.3 Å².